The molecular weight excluding hydrogens is 473 g/mol. The van der Waals surface area contributed by atoms with Gasteiger partial charge in [0.25, 0.3) is 0 Å². The number of carbonyl (C=O) groups is 2. The number of nitrogens with one attached hydrogen (secondary N) is 1. The van der Waals surface area contributed by atoms with E-state index in [1.54, 1.807) is 37.8 Å². The molecule has 4 fully saturated rings. The minimum Gasteiger partial charge on any atom is -0.444 e. The van der Waals surface area contributed by atoms with E-state index in [1.165, 1.54) is 0 Å². The molecule has 0 radical (unpaired) electrons. The molecule has 3 heterocycles. The normalized spacial score (nSPS) is 29.8. The maximum absolute atomic E-state index is 15.2. The van der Waals surface area contributed by atoms with Gasteiger partial charge < -0.3 is 19.9 Å². The van der Waals surface area contributed by atoms with Gasteiger partial charge in [0.05, 0.1) is 6.07 Å². The molecule has 6 atom stereocenters. The Hall–Kier alpha value is -2.86. The molecule has 0 spiro atoms. The molecule has 8 nitrogen and oxygen atoms in total. The maximum atomic E-state index is 15.2. The summed E-state index contributed by atoms with van der Waals surface area (Å²) in [6.07, 6.45) is 3.16. The minimum absolute atomic E-state index is 0.0223. The lowest BCUT2D eigenvalue weighted by atomic mass is 9.97. The van der Waals surface area contributed by atoms with Gasteiger partial charge in [-0.25, -0.2) is 9.18 Å². The number of amides is 2. The molecule has 1 aromatic rings. The maximum Gasteiger partial charge on any atom is 0.411 e. The van der Waals surface area contributed by atoms with Gasteiger partial charge in [0.1, 0.15) is 23.5 Å². The van der Waals surface area contributed by atoms with E-state index in [0.29, 0.717) is 17.5 Å². The number of carbonyl (C=O) groups excluding carboxylic acids is 2. The molecule has 1 aliphatic carbocycles. The van der Waals surface area contributed by atoms with Crippen LogP contribution in [0.25, 0.3) is 0 Å². The minimum atomic E-state index is -0.896. The van der Waals surface area contributed by atoms with Gasteiger partial charge in [-0.05, 0) is 83.0 Å². The first-order valence-corrected chi connectivity index (χ1v) is 13.5. The average Bonchev–Trinajstić information content (AvgIpc) is 3.59. The number of hydrogen-bond donors (Lipinski definition) is 1. The Morgan fingerprint density at radius 2 is 2.00 bits per heavy atom. The van der Waals surface area contributed by atoms with Gasteiger partial charge in [-0.2, -0.15) is 5.26 Å². The van der Waals surface area contributed by atoms with Gasteiger partial charge >= 0.3 is 6.09 Å². The molecule has 1 saturated carbocycles. The lowest BCUT2D eigenvalue weighted by molar-refractivity contribution is -0.128. The molecule has 1 aromatic carbocycles. The number of likely N-dealkylation sites (tertiary alicyclic amines) is 2. The number of likely N-dealkylation sites (N-methyl/N-ethyl adjacent to an activating group) is 1. The fourth-order valence-electron chi connectivity index (χ4n) is 6.88. The molecule has 37 heavy (non-hydrogen) atoms. The molecule has 0 aromatic heterocycles. The molecular formula is C28H38FN5O3. The number of hydrogen-bond acceptors (Lipinski definition) is 6. The monoisotopic (exact) mass is 511 g/mol. The molecule has 200 valence electrons. The SMILES string of the molecule is CN1CC2CCN(c3ccc(C[C@@H](C#N)NC(=O)[C@@H]4[C@H]5CC[C@H](C5)N4C(=O)OC(C)(C)C)c(F)c3)C2C1. The van der Waals surface area contributed by atoms with Crippen molar-refractivity contribution in [3.63, 3.8) is 0 Å². The number of nitriles is 1. The Kier molecular flexibility index (Phi) is 6.82. The van der Waals surface area contributed by atoms with Crippen molar-refractivity contribution in [2.24, 2.45) is 11.8 Å². The molecule has 5 rings (SSSR count). The van der Waals surface area contributed by atoms with Crippen molar-refractivity contribution < 1.29 is 18.7 Å². The fourth-order valence-corrected chi connectivity index (χ4v) is 6.88. The summed E-state index contributed by atoms with van der Waals surface area (Å²) in [6, 6.07) is 6.17. The van der Waals surface area contributed by atoms with Crippen molar-refractivity contribution in [1.29, 1.82) is 5.26 Å². The standard InChI is InChI=1S/C28H38FN5O3/c1-28(2,3)37-27(36)34-22-8-6-18(12-22)25(34)26(35)31-20(14-30)11-17-5-7-21(13-23(17)29)33-10-9-19-15-32(4)16-24(19)33/h5,7,13,18-20,22,24-25H,6,8-12,15-16H2,1-4H3,(H,31,35)/t18-,19?,20-,22+,24?,25-/m0/s1. The topological polar surface area (TPSA) is 88.9 Å². The summed E-state index contributed by atoms with van der Waals surface area (Å²) in [4.78, 5) is 32.4. The predicted molar refractivity (Wildman–Crippen MR) is 137 cm³/mol. The zero-order valence-corrected chi connectivity index (χ0v) is 22.2. The Bertz CT molecular complexity index is 1100. The van der Waals surface area contributed by atoms with Crippen molar-refractivity contribution in [3.05, 3.63) is 29.6 Å². The number of benzene rings is 1. The molecule has 9 heteroatoms. The van der Waals surface area contributed by atoms with E-state index in [2.05, 4.69) is 28.2 Å². The summed E-state index contributed by atoms with van der Waals surface area (Å²) in [5, 5.41) is 12.6. The van der Waals surface area contributed by atoms with Gasteiger partial charge in [-0.3, -0.25) is 9.69 Å². The Morgan fingerprint density at radius 3 is 2.70 bits per heavy atom. The van der Waals surface area contributed by atoms with Gasteiger partial charge in [-0.15, -0.1) is 0 Å². The predicted octanol–water partition coefficient (Wildman–Crippen LogP) is 3.30. The lowest BCUT2D eigenvalue weighted by Gasteiger charge is -2.35. The first-order valence-electron chi connectivity index (χ1n) is 13.5. The molecule has 1 N–H and O–H groups in total. The number of anilines is 1. The van der Waals surface area contributed by atoms with Crippen molar-refractivity contribution in [2.45, 2.75) is 82.6 Å². The van der Waals surface area contributed by atoms with Crippen LogP contribution >= 0.6 is 0 Å². The van der Waals surface area contributed by atoms with E-state index in [0.717, 1.165) is 51.0 Å². The zero-order chi connectivity index (χ0) is 26.5. The van der Waals surface area contributed by atoms with Crippen LogP contribution in [0.2, 0.25) is 0 Å². The van der Waals surface area contributed by atoms with Gasteiger partial charge in [-0.1, -0.05) is 6.07 Å². The van der Waals surface area contributed by atoms with Gasteiger partial charge in [0.15, 0.2) is 0 Å². The summed E-state index contributed by atoms with van der Waals surface area (Å²) in [7, 11) is 2.12. The highest BCUT2D eigenvalue weighted by Crippen LogP contribution is 2.43. The van der Waals surface area contributed by atoms with E-state index in [-0.39, 0.29) is 30.1 Å². The van der Waals surface area contributed by atoms with Crippen LogP contribution in [0.1, 0.15) is 52.0 Å². The van der Waals surface area contributed by atoms with E-state index in [9.17, 15) is 14.9 Å². The average molecular weight is 512 g/mol. The summed E-state index contributed by atoms with van der Waals surface area (Å²) in [5.41, 5.74) is 0.603. The van der Waals surface area contributed by atoms with Crippen LogP contribution in [0.15, 0.2) is 18.2 Å². The van der Waals surface area contributed by atoms with Crippen LogP contribution in [0.3, 0.4) is 0 Å². The Morgan fingerprint density at radius 1 is 1.22 bits per heavy atom. The zero-order valence-electron chi connectivity index (χ0n) is 22.2. The summed E-state index contributed by atoms with van der Waals surface area (Å²) in [6.45, 7) is 8.39. The third-order valence-corrected chi connectivity index (χ3v) is 8.45. The van der Waals surface area contributed by atoms with Crippen LogP contribution in [-0.4, -0.2) is 78.3 Å². The highest BCUT2D eigenvalue weighted by molar-refractivity contribution is 5.87. The summed E-state index contributed by atoms with van der Waals surface area (Å²) < 4.78 is 20.7. The smallest absolute Gasteiger partial charge is 0.411 e. The number of ether oxygens (including phenoxy) is 1. The number of rotatable bonds is 5. The first-order chi connectivity index (χ1) is 17.5. The second-order valence-electron chi connectivity index (χ2n) is 12.3. The van der Waals surface area contributed by atoms with E-state index in [4.69, 9.17) is 4.74 Å². The Labute approximate surface area is 218 Å². The number of nitrogens with zero attached hydrogens (tertiary/aromatic N) is 4. The molecule has 3 saturated heterocycles. The number of piperidine rings is 1. The van der Waals surface area contributed by atoms with Crippen molar-refractivity contribution in [3.8, 4) is 6.07 Å². The molecule has 3 aliphatic heterocycles. The fraction of sp³-hybridized carbons (Fsp3) is 0.679. The third-order valence-electron chi connectivity index (χ3n) is 8.45. The van der Waals surface area contributed by atoms with E-state index < -0.39 is 23.8 Å². The van der Waals surface area contributed by atoms with Crippen molar-refractivity contribution >= 4 is 17.7 Å². The molecule has 2 bridgehead atoms. The van der Waals surface area contributed by atoms with Crippen LogP contribution in [0.5, 0.6) is 0 Å². The van der Waals surface area contributed by atoms with Crippen LogP contribution in [0, 0.1) is 29.0 Å². The second kappa shape index (κ2) is 9.79. The molecule has 2 amide bonds. The Balaban J connectivity index is 1.25. The summed E-state index contributed by atoms with van der Waals surface area (Å²) >= 11 is 0. The first kappa shape index (κ1) is 25.8. The third kappa shape index (κ3) is 5.13. The quantitative estimate of drug-likeness (QED) is 0.653. The number of fused-ring (bicyclic) bond motifs is 3. The second-order valence-corrected chi connectivity index (χ2v) is 12.3. The number of halogens is 1. The van der Waals surface area contributed by atoms with E-state index in [1.807, 2.05) is 6.07 Å². The van der Waals surface area contributed by atoms with Crippen LogP contribution in [0.4, 0.5) is 14.9 Å². The molecule has 2 unspecified atom stereocenters. The van der Waals surface area contributed by atoms with Crippen molar-refractivity contribution in [2.75, 3.05) is 31.6 Å². The summed E-state index contributed by atoms with van der Waals surface area (Å²) in [5.74, 6) is -0.0592. The van der Waals surface area contributed by atoms with Gasteiger partial charge in [0, 0.05) is 43.8 Å². The highest BCUT2D eigenvalue weighted by Gasteiger charge is 2.52. The van der Waals surface area contributed by atoms with Crippen LogP contribution in [-0.2, 0) is 16.0 Å². The largest absolute Gasteiger partial charge is 0.444 e. The van der Waals surface area contributed by atoms with Crippen molar-refractivity contribution in [1.82, 2.24) is 15.1 Å². The van der Waals surface area contributed by atoms with Crippen LogP contribution < -0.4 is 10.2 Å². The lowest BCUT2D eigenvalue weighted by Crippen LogP contribution is -2.55. The van der Waals surface area contributed by atoms with Gasteiger partial charge in [0.2, 0.25) is 5.91 Å². The van der Waals surface area contributed by atoms with E-state index >= 15 is 4.39 Å². The molecule has 4 aliphatic rings. The highest BCUT2D eigenvalue weighted by atomic mass is 19.1.